The van der Waals surface area contributed by atoms with Crippen LogP contribution in [0.25, 0.3) is 0 Å². The number of carbonyl (C=O) groups is 1. The van der Waals surface area contributed by atoms with Crippen LogP contribution in [-0.2, 0) is 18.4 Å². The minimum absolute atomic E-state index is 0.0548. The molecule has 0 aliphatic heterocycles. The van der Waals surface area contributed by atoms with E-state index in [-0.39, 0.29) is 28.3 Å². The Hall–Kier alpha value is -2.10. The van der Waals surface area contributed by atoms with Crippen LogP contribution in [-0.4, -0.2) is 41.9 Å². The second kappa shape index (κ2) is 19.2. The largest absolute Gasteiger partial charge is 0.469 e. The Morgan fingerprint density at radius 2 is 1.22 bits per heavy atom. The van der Waals surface area contributed by atoms with Crippen molar-refractivity contribution in [3.05, 3.63) is 48.6 Å². The van der Waals surface area contributed by atoms with Crippen molar-refractivity contribution >= 4 is 22.6 Å². The van der Waals surface area contributed by atoms with E-state index in [1.54, 1.807) is 0 Å². The Kier molecular flexibility index (Phi) is 18.2. The molecule has 0 aliphatic carbocycles. The first kappa shape index (κ1) is 38.9. The number of carbonyl (C=O) groups excluding carboxylic acids is 1. The molecule has 0 aromatic carbocycles. The molecule has 0 aliphatic rings. The summed E-state index contributed by atoms with van der Waals surface area (Å²) in [6.07, 6.45) is 20.4. The number of allylic oxidation sites excluding steroid dienone is 5. The van der Waals surface area contributed by atoms with Gasteiger partial charge in [-0.25, -0.2) is 0 Å². The highest BCUT2D eigenvalue weighted by atomic mass is 28.4. The predicted octanol–water partition coefficient (Wildman–Crippen LogP) is 9.53. The standard InChI is InChI=1S/C35H58O4Si2/c1-13-14-23-26-31(38-40(9,10)34(2,3)4)27-24-21-19-17-15-16-18-20-22-25-28-32(29-30-33(36)37-8)39-41(11,12)35(5,6)7/h14-16,23-25,27-28,31-32H,13,17-18,26,29-30H2,1-12H3/b16-15-,23-14-,27-24+,28-25+/t31-,32+/m0/s1. The zero-order valence-corrected chi connectivity index (χ0v) is 30.1. The summed E-state index contributed by atoms with van der Waals surface area (Å²) in [5.74, 6) is 12.3. The molecule has 0 aromatic heterocycles. The van der Waals surface area contributed by atoms with Crippen LogP contribution >= 0.6 is 0 Å². The van der Waals surface area contributed by atoms with Gasteiger partial charge in [0.2, 0.25) is 0 Å². The summed E-state index contributed by atoms with van der Waals surface area (Å²) >= 11 is 0. The van der Waals surface area contributed by atoms with Crippen molar-refractivity contribution in [1.82, 2.24) is 0 Å². The fraction of sp³-hybridized carbons (Fsp3) is 0.629. The van der Waals surface area contributed by atoms with E-state index in [4.69, 9.17) is 13.6 Å². The maximum absolute atomic E-state index is 11.7. The second-order valence-electron chi connectivity index (χ2n) is 13.3. The van der Waals surface area contributed by atoms with Crippen LogP contribution in [0.15, 0.2) is 48.6 Å². The molecule has 0 unspecified atom stereocenters. The molecule has 0 heterocycles. The van der Waals surface area contributed by atoms with E-state index < -0.39 is 16.6 Å². The number of esters is 1. The van der Waals surface area contributed by atoms with Crippen LogP contribution < -0.4 is 0 Å². The molecule has 4 nitrogen and oxygen atoms in total. The summed E-state index contributed by atoms with van der Waals surface area (Å²) < 4.78 is 17.9. The topological polar surface area (TPSA) is 44.8 Å². The van der Waals surface area contributed by atoms with Gasteiger partial charge in [-0.05, 0) is 79.8 Å². The molecule has 230 valence electrons. The number of hydrogen-bond acceptors (Lipinski definition) is 4. The van der Waals surface area contributed by atoms with Gasteiger partial charge in [-0.2, -0.15) is 0 Å². The van der Waals surface area contributed by atoms with Crippen molar-refractivity contribution in [3.8, 4) is 23.7 Å². The summed E-state index contributed by atoms with van der Waals surface area (Å²) in [7, 11) is -2.41. The molecule has 6 heteroatoms. The lowest BCUT2D eigenvalue weighted by atomic mass is 10.2. The minimum atomic E-state index is -1.97. The lowest BCUT2D eigenvalue weighted by Crippen LogP contribution is -2.43. The molecular formula is C35H58O4Si2. The zero-order chi connectivity index (χ0) is 31.6. The molecule has 0 saturated carbocycles. The molecule has 0 N–H and O–H groups in total. The van der Waals surface area contributed by atoms with Gasteiger partial charge in [0.1, 0.15) is 0 Å². The first-order valence-corrected chi connectivity index (χ1v) is 20.8. The molecule has 0 bridgehead atoms. The van der Waals surface area contributed by atoms with Crippen LogP contribution in [0, 0.1) is 23.7 Å². The predicted molar refractivity (Wildman–Crippen MR) is 182 cm³/mol. The van der Waals surface area contributed by atoms with Gasteiger partial charge in [-0.1, -0.05) is 96.5 Å². The van der Waals surface area contributed by atoms with Crippen LogP contribution in [0.5, 0.6) is 0 Å². The van der Waals surface area contributed by atoms with Gasteiger partial charge in [0.25, 0.3) is 0 Å². The zero-order valence-electron chi connectivity index (χ0n) is 28.1. The van der Waals surface area contributed by atoms with Gasteiger partial charge in [0, 0.05) is 19.3 Å². The summed E-state index contributed by atoms with van der Waals surface area (Å²) in [6.45, 7) is 24.6. The molecular weight excluding hydrogens is 541 g/mol. The third-order valence-corrected chi connectivity index (χ3v) is 16.7. The van der Waals surface area contributed by atoms with Crippen molar-refractivity contribution in [3.63, 3.8) is 0 Å². The Morgan fingerprint density at radius 3 is 1.66 bits per heavy atom. The molecule has 41 heavy (non-hydrogen) atoms. The number of ether oxygens (including phenoxy) is 1. The summed E-state index contributed by atoms with van der Waals surface area (Å²) in [5, 5.41) is 0.263. The van der Waals surface area contributed by atoms with Crippen LogP contribution in [0.3, 0.4) is 0 Å². The average Bonchev–Trinajstić information content (AvgIpc) is 2.85. The number of methoxy groups -OCH3 is 1. The fourth-order valence-corrected chi connectivity index (χ4v) is 5.65. The Morgan fingerprint density at radius 1 is 0.756 bits per heavy atom. The third-order valence-electron chi connectivity index (χ3n) is 7.73. The lowest BCUT2D eigenvalue weighted by Gasteiger charge is -2.38. The lowest BCUT2D eigenvalue weighted by molar-refractivity contribution is -0.141. The average molecular weight is 599 g/mol. The van der Waals surface area contributed by atoms with E-state index in [1.165, 1.54) is 7.11 Å². The van der Waals surface area contributed by atoms with Crippen LogP contribution in [0.1, 0.15) is 87.0 Å². The Balaban J connectivity index is 4.97. The summed E-state index contributed by atoms with van der Waals surface area (Å²) in [6, 6.07) is 0. The highest BCUT2D eigenvalue weighted by Gasteiger charge is 2.39. The first-order chi connectivity index (χ1) is 19.0. The highest BCUT2D eigenvalue weighted by Crippen LogP contribution is 2.38. The number of hydrogen-bond donors (Lipinski definition) is 0. The molecule has 0 radical (unpaired) electrons. The van der Waals surface area contributed by atoms with Gasteiger partial charge >= 0.3 is 5.97 Å². The molecule has 0 rings (SSSR count). The van der Waals surface area contributed by atoms with Crippen molar-refractivity contribution in [2.45, 2.75) is 135 Å². The number of rotatable bonds is 14. The van der Waals surface area contributed by atoms with Crippen molar-refractivity contribution in [1.29, 1.82) is 0 Å². The minimum Gasteiger partial charge on any atom is -0.469 e. The van der Waals surface area contributed by atoms with Gasteiger partial charge in [0.05, 0.1) is 19.3 Å². The molecule has 0 saturated heterocycles. The Bertz CT molecular complexity index is 1010. The van der Waals surface area contributed by atoms with E-state index in [2.05, 4.69) is 117 Å². The SMILES string of the molecule is CC/C=C\C[C@@H](/C=C/C#CC/C=C\CC#C/C=C/[C@H](CCC(=O)OC)O[Si](C)(C)C(C)(C)C)O[Si](C)(C)C(C)(C)C. The highest BCUT2D eigenvalue weighted by molar-refractivity contribution is 6.74. The fourth-order valence-electron chi connectivity index (χ4n) is 3.06. The summed E-state index contributed by atoms with van der Waals surface area (Å²) in [4.78, 5) is 11.7. The van der Waals surface area contributed by atoms with E-state index in [0.717, 1.165) is 12.8 Å². The van der Waals surface area contributed by atoms with Crippen LogP contribution in [0.2, 0.25) is 36.3 Å². The van der Waals surface area contributed by atoms with Gasteiger partial charge < -0.3 is 13.6 Å². The van der Waals surface area contributed by atoms with Crippen LogP contribution in [0.4, 0.5) is 0 Å². The molecule has 0 fully saturated rings. The normalized spacial score (nSPS) is 14.7. The molecule has 0 spiro atoms. The van der Waals surface area contributed by atoms with Gasteiger partial charge in [-0.3, -0.25) is 4.79 Å². The molecule has 2 atom stereocenters. The smallest absolute Gasteiger partial charge is 0.305 e. The maximum Gasteiger partial charge on any atom is 0.305 e. The van der Waals surface area contributed by atoms with Crippen molar-refractivity contribution in [2.75, 3.05) is 7.11 Å². The van der Waals surface area contributed by atoms with Crippen molar-refractivity contribution < 1.29 is 18.4 Å². The van der Waals surface area contributed by atoms with Gasteiger partial charge in [-0.15, -0.1) is 0 Å². The molecule has 0 amide bonds. The summed E-state index contributed by atoms with van der Waals surface area (Å²) in [5.41, 5.74) is 0. The molecule has 0 aromatic rings. The van der Waals surface area contributed by atoms with E-state index >= 15 is 0 Å². The third kappa shape index (κ3) is 17.5. The second-order valence-corrected chi connectivity index (χ2v) is 22.8. The maximum atomic E-state index is 11.7. The van der Waals surface area contributed by atoms with E-state index in [1.807, 2.05) is 30.4 Å². The van der Waals surface area contributed by atoms with Crippen molar-refractivity contribution in [2.24, 2.45) is 0 Å². The first-order valence-electron chi connectivity index (χ1n) is 15.0. The van der Waals surface area contributed by atoms with Gasteiger partial charge in [0.15, 0.2) is 16.6 Å². The monoisotopic (exact) mass is 598 g/mol. The van der Waals surface area contributed by atoms with E-state index in [0.29, 0.717) is 25.7 Å². The Labute approximate surface area is 255 Å². The van der Waals surface area contributed by atoms with E-state index in [9.17, 15) is 4.79 Å². The quantitative estimate of drug-likeness (QED) is 0.0864.